The smallest absolute Gasteiger partial charge is 0.290 e. The first kappa shape index (κ1) is 22.8. The van der Waals surface area contributed by atoms with Gasteiger partial charge in [-0.15, -0.1) is 0 Å². The summed E-state index contributed by atoms with van der Waals surface area (Å²) in [6.45, 7) is 3.38. The fourth-order valence-corrected chi connectivity index (χ4v) is 6.28. The number of furan rings is 1. The normalized spacial score (nSPS) is 15.8. The van der Waals surface area contributed by atoms with Crippen molar-refractivity contribution in [2.45, 2.75) is 24.8 Å². The predicted octanol–water partition coefficient (Wildman–Crippen LogP) is 4.81. The van der Waals surface area contributed by atoms with E-state index >= 15 is 0 Å². The minimum absolute atomic E-state index is 0.0518. The van der Waals surface area contributed by atoms with Crippen molar-refractivity contribution in [2.75, 3.05) is 0 Å². The molecule has 1 aromatic carbocycles. The fourth-order valence-electron chi connectivity index (χ4n) is 3.15. The number of thioether (sulfide) groups is 1. The molecule has 0 atom stereocenters. The molecule has 2 amide bonds. The lowest BCUT2D eigenvalue weighted by Crippen LogP contribution is -2.30. The van der Waals surface area contributed by atoms with Crippen LogP contribution in [0, 0.1) is 0 Å². The van der Waals surface area contributed by atoms with Gasteiger partial charge in [0.05, 0.1) is 15.0 Å². The molecule has 32 heavy (non-hydrogen) atoms. The van der Waals surface area contributed by atoms with Crippen LogP contribution in [0.3, 0.4) is 0 Å². The van der Waals surface area contributed by atoms with E-state index in [-0.39, 0.29) is 25.9 Å². The number of hydrogen-bond donors (Lipinski definition) is 2. The zero-order valence-electron chi connectivity index (χ0n) is 16.6. The molecule has 3 heterocycles. The number of benzene rings is 1. The highest BCUT2D eigenvalue weighted by molar-refractivity contribution is 8.18. The molecule has 1 saturated heterocycles. The number of nitrogens with zero attached hydrogens (tertiary/aromatic N) is 1. The largest absolute Gasteiger partial charge is 0.456 e. The van der Waals surface area contributed by atoms with Crippen molar-refractivity contribution in [2.24, 2.45) is 0 Å². The Balaban J connectivity index is 1.79. The Morgan fingerprint density at radius 2 is 1.84 bits per heavy atom. The maximum absolute atomic E-state index is 12.6. The van der Waals surface area contributed by atoms with Crippen LogP contribution in [0.1, 0.15) is 19.6 Å². The number of fused-ring (bicyclic) bond motifs is 1. The summed E-state index contributed by atoms with van der Waals surface area (Å²) in [4.78, 5) is 27.3. The minimum Gasteiger partial charge on any atom is -0.456 e. The summed E-state index contributed by atoms with van der Waals surface area (Å²) in [6, 6.07) is 4.27. The zero-order chi connectivity index (χ0) is 23.2. The highest BCUT2D eigenvalue weighted by Crippen LogP contribution is 2.38. The first-order valence-corrected chi connectivity index (χ1v) is 12.2. The van der Waals surface area contributed by atoms with Gasteiger partial charge in [-0.2, -0.15) is 0 Å². The highest BCUT2D eigenvalue weighted by atomic mass is 35.5. The van der Waals surface area contributed by atoms with E-state index in [1.165, 1.54) is 24.4 Å². The average Bonchev–Trinajstić information content (AvgIpc) is 3.21. The first-order chi connectivity index (χ1) is 15.0. The quantitative estimate of drug-likeness (QED) is 0.471. The Kier molecular flexibility index (Phi) is 6.08. The number of aromatic nitrogens is 1. The van der Waals surface area contributed by atoms with E-state index in [9.17, 15) is 18.0 Å². The van der Waals surface area contributed by atoms with Gasteiger partial charge in [-0.3, -0.25) is 19.9 Å². The van der Waals surface area contributed by atoms with E-state index in [4.69, 9.17) is 27.6 Å². The molecule has 1 fully saturated rings. The molecule has 2 aromatic heterocycles. The number of sulfonamides is 1. The molecule has 4 rings (SSSR count). The third kappa shape index (κ3) is 4.41. The molecule has 0 bridgehead atoms. The van der Waals surface area contributed by atoms with Gasteiger partial charge in [0, 0.05) is 35.5 Å². The summed E-state index contributed by atoms with van der Waals surface area (Å²) >= 11 is 13.4. The molecule has 1 aliphatic heterocycles. The van der Waals surface area contributed by atoms with E-state index in [0.717, 1.165) is 11.8 Å². The van der Waals surface area contributed by atoms with Crippen molar-refractivity contribution in [1.29, 1.82) is 0 Å². The molecule has 2 N–H and O–H groups in total. The number of rotatable bonds is 5. The molecule has 0 aliphatic carbocycles. The minimum atomic E-state index is -3.91. The second kappa shape index (κ2) is 8.53. The van der Waals surface area contributed by atoms with Crippen LogP contribution in [-0.4, -0.2) is 30.6 Å². The van der Waals surface area contributed by atoms with Gasteiger partial charge in [-0.25, -0.2) is 13.1 Å². The second-order valence-corrected chi connectivity index (χ2v) is 10.6. The lowest BCUT2D eigenvalue weighted by Gasteiger charge is -2.14. The van der Waals surface area contributed by atoms with Crippen LogP contribution in [-0.2, 0) is 14.8 Å². The molecule has 0 spiro atoms. The number of hydrogen-bond acceptors (Lipinski definition) is 7. The number of nitrogens with one attached hydrogen (secondary N) is 2. The SMILES string of the molecule is CC(C)NS(=O)(=O)c1c(Cl)cc(-c2cncc3cc(/C=C4/SC(=O)NC4=O)oc23)cc1Cl. The van der Waals surface area contributed by atoms with Crippen LogP contribution in [0.2, 0.25) is 10.0 Å². The highest BCUT2D eigenvalue weighted by Gasteiger charge is 2.26. The number of halogens is 2. The summed E-state index contributed by atoms with van der Waals surface area (Å²) in [5.41, 5.74) is 1.46. The number of imide groups is 1. The van der Waals surface area contributed by atoms with E-state index in [1.807, 2.05) is 0 Å². The standard InChI is InChI=1S/C20H15Cl2N3O5S2/c1-9(2)25-32(28,29)18-14(21)4-10(5-15(18)22)13-8-23-7-11-3-12(30-17(11)13)6-16-19(26)24-20(27)31-16/h3-9,25H,1-2H3,(H,24,26,27)/b16-6+. The van der Waals surface area contributed by atoms with Crippen molar-refractivity contribution in [3.8, 4) is 11.1 Å². The number of pyridine rings is 1. The molecule has 8 nitrogen and oxygen atoms in total. The predicted molar refractivity (Wildman–Crippen MR) is 124 cm³/mol. The second-order valence-electron chi connectivity index (χ2n) is 7.15. The van der Waals surface area contributed by atoms with Gasteiger partial charge in [0.15, 0.2) is 0 Å². The Bertz CT molecular complexity index is 1390. The van der Waals surface area contributed by atoms with Crippen molar-refractivity contribution in [1.82, 2.24) is 15.0 Å². The fraction of sp³-hybridized carbons (Fsp3) is 0.150. The number of carbonyl (C=O) groups excluding carboxylic acids is 2. The maximum Gasteiger partial charge on any atom is 0.290 e. The van der Waals surface area contributed by atoms with Crippen molar-refractivity contribution < 1.29 is 22.4 Å². The summed E-state index contributed by atoms with van der Waals surface area (Å²) < 4.78 is 33.5. The van der Waals surface area contributed by atoms with Crippen LogP contribution >= 0.6 is 35.0 Å². The topological polar surface area (TPSA) is 118 Å². The molecule has 12 heteroatoms. The van der Waals surface area contributed by atoms with Crippen molar-refractivity contribution in [3.63, 3.8) is 0 Å². The Morgan fingerprint density at radius 1 is 1.16 bits per heavy atom. The molecule has 0 radical (unpaired) electrons. The summed E-state index contributed by atoms with van der Waals surface area (Å²) in [7, 11) is -3.91. The lowest BCUT2D eigenvalue weighted by molar-refractivity contribution is -0.115. The van der Waals surface area contributed by atoms with Gasteiger partial charge >= 0.3 is 0 Å². The van der Waals surface area contributed by atoms with E-state index in [2.05, 4.69) is 15.0 Å². The number of carbonyl (C=O) groups is 2. The third-order valence-electron chi connectivity index (χ3n) is 4.33. The van der Waals surface area contributed by atoms with E-state index in [1.54, 1.807) is 26.1 Å². The van der Waals surface area contributed by atoms with Crippen LogP contribution in [0.4, 0.5) is 4.79 Å². The molecule has 0 saturated carbocycles. The average molecular weight is 512 g/mol. The van der Waals surface area contributed by atoms with Crippen LogP contribution < -0.4 is 10.0 Å². The molecular formula is C20H15Cl2N3O5S2. The molecular weight excluding hydrogens is 497 g/mol. The van der Waals surface area contributed by atoms with Crippen molar-refractivity contribution >= 4 is 73.2 Å². The molecule has 1 aliphatic rings. The summed E-state index contributed by atoms with van der Waals surface area (Å²) in [6.07, 6.45) is 4.57. The Hall–Kier alpha value is -2.37. The zero-order valence-corrected chi connectivity index (χ0v) is 19.7. The van der Waals surface area contributed by atoms with E-state index < -0.39 is 21.2 Å². The third-order valence-corrected chi connectivity index (χ3v) is 7.72. The van der Waals surface area contributed by atoms with Gasteiger partial charge in [0.2, 0.25) is 10.0 Å². The van der Waals surface area contributed by atoms with Gasteiger partial charge in [-0.05, 0) is 49.4 Å². The first-order valence-electron chi connectivity index (χ1n) is 9.19. The van der Waals surface area contributed by atoms with Gasteiger partial charge in [-0.1, -0.05) is 23.2 Å². The van der Waals surface area contributed by atoms with Gasteiger partial charge < -0.3 is 4.42 Å². The van der Waals surface area contributed by atoms with Crippen LogP contribution in [0.15, 0.2) is 44.8 Å². The summed E-state index contributed by atoms with van der Waals surface area (Å²) in [5.74, 6) is -0.150. The maximum atomic E-state index is 12.6. The van der Waals surface area contributed by atoms with Crippen molar-refractivity contribution in [3.05, 3.63) is 51.3 Å². The van der Waals surface area contributed by atoms with Crippen LogP contribution in [0.25, 0.3) is 28.2 Å². The molecule has 0 unspecified atom stereocenters. The van der Waals surface area contributed by atoms with E-state index in [0.29, 0.717) is 27.9 Å². The van der Waals surface area contributed by atoms with Gasteiger partial charge in [0.25, 0.3) is 11.1 Å². The summed E-state index contributed by atoms with van der Waals surface area (Å²) in [5, 5.41) is 2.26. The number of amides is 2. The Labute approximate surface area is 197 Å². The Morgan fingerprint density at radius 3 is 2.44 bits per heavy atom. The molecule has 166 valence electrons. The monoisotopic (exact) mass is 511 g/mol. The lowest BCUT2D eigenvalue weighted by atomic mass is 10.1. The van der Waals surface area contributed by atoms with Gasteiger partial charge in [0.1, 0.15) is 16.2 Å². The molecule has 3 aromatic rings. The van der Waals surface area contributed by atoms with Crippen LogP contribution in [0.5, 0.6) is 0 Å².